The number of nitrogens with one attached hydrogen (secondary N) is 2. The van der Waals surface area contributed by atoms with Crippen LogP contribution < -0.4 is 5.32 Å². The van der Waals surface area contributed by atoms with E-state index in [1.807, 2.05) is 18.2 Å². The van der Waals surface area contributed by atoms with Gasteiger partial charge in [-0.25, -0.2) is 4.79 Å². The van der Waals surface area contributed by atoms with Crippen molar-refractivity contribution in [2.45, 2.75) is 13.0 Å². The number of fused-ring (bicyclic) bond motifs is 1. The van der Waals surface area contributed by atoms with Gasteiger partial charge in [0, 0.05) is 17.1 Å². The van der Waals surface area contributed by atoms with E-state index in [0.29, 0.717) is 15.6 Å². The Morgan fingerprint density at radius 1 is 1.08 bits per heavy atom. The Morgan fingerprint density at radius 2 is 1.76 bits per heavy atom. The van der Waals surface area contributed by atoms with Crippen LogP contribution in [0.5, 0.6) is 0 Å². The van der Waals surface area contributed by atoms with Gasteiger partial charge in [0.1, 0.15) is 0 Å². The summed E-state index contributed by atoms with van der Waals surface area (Å²) in [6, 6.07) is 12.2. The summed E-state index contributed by atoms with van der Waals surface area (Å²) >= 11 is 12.0. The molecule has 0 aliphatic carbocycles. The highest BCUT2D eigenvalue weighted by Crippen LogP contribution is 2.30. The number of benzene rings is 2. The molecule has 1 aromatic heterocycles. The lowest BCUT2D eigenvalue weighted by molar-refractivity contribution is -0.123. The number of aromatic amines is 1. The third-order valence-corrected chi connectivity index (χ3v) is 4.30. The number of anilines is 1. The van der Waals surface area contributed by atoms with Crippen molar-refractivity contribution in [1.82, 2.24) is 4.98 Å². The molecule has 5 nitrogen and oxygen atoms in total. The highest BCUT2D eigenvalue weighted by atomic mass is 35.5. The van der Waals surface area contributed by atoms with Gasteiger partial charge >= 0.3 is 5.97 Å². The van der Waals surface area contributed by atoms with Crippen molar-refractivity contribution in [2.24, 2.45) is 0 Å². The second-order valence-corrected chi connectivity index (χ2v) is 6.20. The molecule has 3 rings (SSSR count). The van der Waals surface area contributed by atoms with E-state index >= 15 is 0 Å². The molecule has 0 aliphatic heterocycles. The van der Waals surface area contributed by atoms with Crippen molar-refractivity contribution in [3.8, 4) is 0 Å². The average Bonchev–Trinajstić information content (AvgIpc) is 3.02. The van der Waals surface area contributed by atoms with Crippen LogP contribution in [0.3, 0.4) is 0 Å². The molecule has 2 N–H and O–H groups in total. The third kappa shape index (κ3) is 3.62. The first kappa shape index (κ1) is 17.3. The minimum absolute atomic E-state index is 0.283. The molecule has 1 amide bonds. The molecule has 0 saturated carbocycles. The fraction of sp³-hybridized carbons (Fsp3) is 0.111. The molecule has 0 aliphatic rings. The van der Waals surface area contributed by atoms with Crippen molar-refractivity contribution in [3.05, 3.63) is 64.3 Å². The number of esters is 1. The summed E-state index contributed by atoms with van der Waals surface area (Å²) in [6.07, 6.45) is 0.538. The molecule has 7 heteroatoms. The van der Waals surface area contributed by atoms with E-state index in [2.05, 4.69) is 10.3 Å². The van der Waals surface area contributed by atoms with Crippen LogP contribution in [0, 0.1) is 0 Å². The predicted molar refractivity (Wildman–Crippen MR) is 98.3 cm³/mol. The van der Waals surface area contributed by atoms with Crippen molar-refractivity contribution < 1.29 is 14.3 Å². The summed E-state index contributed by atoms with van der Waals surface area (Å²) in [5.41, 5.74) is 1.46. The minimum atomic E-state index is -1.02. The average molecular weight is 377 g/mol. The van der Waals surface area contributed by atoms with E-state index in [-0.39, 0.29) is 5.69 Å². The molecule has 0 fully saturated rings. The third-order valence-electron chi connectivity index (χ3n) is 3.67. The summed E-state index contributed by atoms with van der Waals surface area (Å²) in [5.74, 6) is -1.12. The smallest absolute Gasteiger partial charge is 0.341 e. The van der Waals surface area contributed by atoms with Gasteiger partial charge in [0.2, 0.25) is 0 Å². The van der Waals surface area contributed by atoms with Gasteiger partial charge in [0.05, 0.1) is 21.3 Å². The highest BCUT2D eigenvalue weighted by Gasteiger charge is 2.22. The van der Waals surface area contributed by atoms with Crippen LogP contribution in [-0.4, -0.2) is 23.0 Å². The lowest BCUT2D eigenvalue weighted by Crippen LogP contribution is -2.30. The number of hydrogen-bond acceptors (Lipinski definition) is 3. The first-order valence-electron chi connectivity index (χ1n) is 7.49. The topological polar surface area (TPSA) is 71.2 Å². The van der Waals surface area contributed by atoms with Gasteiger partial charge in [-0.3, -0.25) is 4.79 Å². The van der Waals surface area contributed by atoms with E-state index < -0.39 is 18.0 Å². The Hall–Kier alpha value is -2.50. The Morgan fingerprint density at radius 3 is 2.48 bits per heavy atom. The fourth-order valence-electron chi connectivity index (χ4n) is 2.36. The van der Waals surface area contributed by atoms with Gasteiger partial charge in [-0.05, 0) is 25.1 Å². The van der Waals surface area contributed by atoms with Gasteiger partial charge < -0.3 is 15.0 Å². The summed E-state index contributed by atoms with van der Waals surface area (Å²) in [7, 11) is 0. The Balaban J connectivity index is 1.72. The Bertz CT molecular complexity index is 932. The number of carbonyl (C=O) groups excluding carboxylic acids is 2. The number of ether oxygens (including phenoxy) is 1. The normalized spacial score (nSPS) is 12.0. The summed E-state index contributed by atoms with van der Waals surface area (Å²) in [6.45, 7) is 1.48. The Kier molecular flexibility index (Phi) is 4.97. The monoisotopic (exact) mass is 376 g/mol. The van der Waals surface area contributed by atoms with E-state index in [9.17, 15) is 9.59 Å². The maximum Gasteiger partial charge on any atom is 0.341 e. The summed E-state index contributed by atoms with van der Waals surface area (Å²) in [5, 5.41) is 3.91. The van der Waals surface area contributed by atoms with Crippen molar-refractivity contribution in [2.75, 3.05) is 5.32 Å². The molecular weight excluding hydrogens is 363 g/mol. The van der Waals surface area contributed by atoms with Crippen LogP contribution >= 0.6 is 23.2 Å². The van der Waals surface area contributed by atoms with Crippen molar-refractivity contribution in [1.29, 1.82) is 0 Å². The lowest BCUT2D eigenvalue weighted by atomic mass is 10.2. The lowest BCUT2D eigenvalue weighted by Gasteiger charge is -2.14. The molecule has 0 unspecified atom stereocenters. The number of carbonyl (C=O) groups is 2. The molecule has 3 aromatic rings. The van der Waals surface area contributed by atoms with Crippen LogP contribution in [0.1, 0.15) is 17.3 Å². The summed E-state index contributed by atoms with van der Waals surface area (Å²) in [4.78, 5) is 27.6. The molecule has 1 heterocycles. The van der Waals surface area contributed by atoms with Gasteiger partial charge in [-0.15, -0.1) is 0 Å². The zero-order valence-electron chi connectivity index (χ0n) is 13.2. The van der Waals surface area contributed by atoms with Crippen LogP contribution in [0.25, 0.3) is 10.9 Å². The highest BCUT2D eigenvalue weighted by molar-refractivity contribution is 6.39. The molecule has 0 spiro atoms. The number of H-pyrrole nitrogens is 1. The predicted octanol–water partition coefficient (Wildman–Crippen LogP) is 4.66. The molecule has 0 radical (unpaired) electrons. The number of para-hydroxylation sites is 2. The second-order valence-electron chi connectivity index (χ2n) is 5.38. The number of rotatable bonds is 4. The molecule has 128 valence electrons. The first-order chi connectivity index (χ1) is 12.0. The molecule has 2 aromatic carbocycles. The van der Waals surface area contributed by atoms with Gasteiger partial charge in [-0.1, -0.05) is 47.5 Å². The molecule has 0 saturated heterocycles. The zero-order valence-corrected chi connectivity index (χ0v) is 14.7. The molecular formula is C18H14Cl2N2O3. The van der Waals surface area contributed by atoms with Gasteiger partial charge in [0.15, 0.2) is 6.10 Å². The van der Waals surface area contributed by atoms with Crippen molar-refractivity contribution in [3.63, 3.8) is 0 Å². The van der Waals surface area contributed by atoms with Crippen LogP contribution in [-0.2, 0) is 9.53 Å². The summed E-state index contributed by atoms with van der Waals surface area (Å²) < 4.78 is 5.26. The van der Waals surface area contributed by atoms with E-state index in [4.69, 9.17) is 27.9 Å². The number of hydrogen-bond donors (Lipinski definition) is 2. The van der Waals surface area contributed by atoms with Gasteiger partial charge in [-0.2, -0.15) is 0 Å². The van der Waals surface area contributed by atoms with Crippen LogP contribution in [0.2, 0.25) is 10.0 Å². The maximum absolute atomic E-state index is 12.3. The largest absolute Gasteiger partial charge is 0.449 e. The SMILES string of the molecule is C[C@@H](OC(=O)c1c[nH]c2ccccc12)C(=O)Nc1c(Cl)cccc1Cl. The minimum Gasteiger partial charge on any atom is -0.449 e. The standard InChI is InChI=1S/C18H14Cl2N2O3/c1-10(17(23)22-16-13(19)6-4-7-14(16)20)25-18(24)12-9-21-15-8-3-2-5-11(12)15/h2-10,21H,1H3,(H,22,23)/t10-/m1/s1. The van der Waals surface area contributed by atoms with Crippen LogP contribution in [0.15, 0.2) is 48.7 Å². The fourth-order valence-corrected chi connectivity index (χ4v) is 2.85. The van der Waals surface area contributed by atoms with E-state index in [1.54, 1.807) is 30.5 Å². The zero-order chi connectivity index (χ0) is 18.0. The number of halogens is 2. The van der Waals surface area contributed by atoms with Crippen LogP contribution in [0.4, 0.5) is 5.69 Å². The number of aromatic nitrogens is 1. The quantitative estimate of drug-likeness (QED) is 0.650. The molecule has 0 bridgehead atoms. The van der Waals surface area contributed by atoms with Gasteiger partial charge in [0.25, 0.3) is 5.91 Å². The van der Waals surface area contributed by atoms with Crippen molar-refractivity contribution >= 4 is 51.7 Å². The first-order valence-corrected chi connectivity index (χ1v) is 8.25. The number of amides is 1. The molecule has 1 atom stereocenters. The van der Waals surface area contributed by atoms with E-state index in [0.717, 1.165) is 10.9 Å². The Labute approximate surface area is 153 Å². The maximum atomic E-state index is 12.3. The van der Waals surface area contributed by atoms with E-state index in [1.165, 1.54) is 6.92 Å². The molecule has 25 heavy (non-hydrogen) atoms. The second kappa shape index (κ2) is 7.17.